The molecule has 2 heterocycles. The highest BCUT2D eigenvalue weighted by Crippen LogP contribution is 2.19. The summed E-state index contributed by atoms with van der Waals surface area (Å²) >= 11 is 4.48. The number of hydrogen-bond donors (Lipinski definition) is 1. The number of rotatable bonds is 2. The number of aromatic amines is 1. The van der Waals surface area contributed by atoms with Gasteiger partial charge in [0.15, 0.2) is 5.16 Å². The molecule has 0 aliphatic heterocycles. The lowest BCUT2D eigenvalue weighted by Gasteiger charge is -1.92. The maximum absolute atomic E-state index is 4.04. The highest BCUT2D eigenvalue weighted by atomic mass is 79.9. The van der Waals surface area contributed by atoms with Crippen LogP contribution in [0.1, 0.15) is 0 Å². The molecule has 0 aliphatic carbocycles. The van der Waals surface area contributed by atoms with Gasteiger partial charge in [0, 0.05) is 12.4 Å². The van der Waals surface area contributed by atoms with Gasteiger partial charge in [0.05, 0.1) is 4.47 Å². The minimum absolute atomic E-state index is 0.502. The van der Waals surface area contributed by atoms with Gasteiger partial charge in [-0.1, -0.05) is 0 Å². The first-order valence-corrected chi connectivity index (χ1v) is 4.84. The Morgan fingerprint density at radius 3 is 2.62 bits per heavy atom. The van der Waals surface area contributed by atoms with Gasteiger partial charge in [0.1, 0.15) is 0 Å². The van der Waals surface area contributed by atoms with Gasteiger partial charge < -0.3 is 0 Å². The lowest BCUT2D eigenvalue weighted by Crippen LogP contribution is -1.85. The van der Waals surface area contributed by atoms with Gasteiger partial charge in [0.2, 0.25) is 5.16 Å². The van der Waals surface area contributed by atoms with Crippen LogP contribution in [0.3, 0.4) is 0 Å². The Balaban J connectivity index is 2.15. The summed E-state index contributed by atoms with van der Waals surface area (Å²) in [4.78, 5) is 8.07. The average molecular weight is 259 g/mol. The molecule has 0 aromatic carbocycles. The SMILES string of the molecule is Brc1cnc(Sc2nn[nH]n2)nc1. The number of nitrogens with zero attached hydrogens (tertiary/aromatic N) is 5. The average Bonchev–Trinajstić information content (AvgIpc) is 2.62. The topological polar surface area (TPSA) is 80.2 Å². The van der Waals surface area contributed by atoms with Crippen molar-refractivity contribution in [2.75, 3.05) is 0 Å². The molecule has 8 heteroatoms. The Labute approximate surface area is 85.7 Å². The first kappa shape index (κ1) is 8.57. The van der Waals surface area contributed by atoms with E-state index in [0.717, 1.165) is 4.47 Å². The lowest BCUT2D eigenvalue weighted by molar-refractivity contribution is 0.881. The fourth-order valence-electron chi connectivity index (χ4n) is 0.631. The first-order chi connectivity index (χ1) is 6.34. The quantitative estimate of drug-likeness (QED) is 0.807. The summed E-state index contributed by atoms with van der Waals surface area (Å²) < 4.78 is 0.838. The van der Waals surface area contributed by atoms with Crippen LogP contribution in [-0.4, -0.2) is 30.6 Å². The fraction of sp³-hybridized carbons (Fsp3) is 0. The zero-order valence-corrected chi connectivity index (χ0v) is 8.58. The largest absolute Gasteiger partial charge is 0.238 e. The Hall–Kier alpha value is -1.02. The van der Waals surface area contributed by atoms with E-state index in [1.807, 2.05) is 0 Å². The molecule has 0 aliphatic rings. The van der Waals surface area contributed by atoms with E-state index in [2.05, 4.69) is 46.5 Å². The molecule has 0 bridgehead atoms. The van der Waals surface area contributed by atoms with E-state index in [9.17, 15) is 0 Å². The number of aromatic nitrogens is 6. The monoisotopic (exact) mass is 258 g/mol. The summed E-state index contributed by atoms with van der Waals surface area (Å²) in [6.07, 6.45) is 3.32. The molecular weight excluding hydrogens is 256 g/mol. The lowest BCUT2D eigenvalue weighted by atomic mass is 10.7. The molecule has 0 radical (unpaired) electrons. The maximum atomic E-state index is 4.04. The van der Waals surface area contributed by atoms with Crippen LogP contribution in [0.25, 0.3) is 0 Å². The molecule has 0 saturated carbocycles. The van der Waals surface area contributed by atoms with E-state index in [4.69, 9.17) is 0 Å². The van der Waals surface area contributed by atoms with Gasteiger partial charge in [-0.3, -0.25) is 0 Å². The third-order valence-electron chi connectivity index (χ3n) is 1.11. The van der Waals surface area contributed by atoms with Gasteiger partial charge in [-0.2, -0.15) is 5.21 Å². The molecule has 0 unspecified atom stereocenters. The van der Waals surface area contributed by atoms with Gasteiger partial charge >= 0.3 is 0 Å². The van der Waals surface area contributed by atoms with E-state index in [1.54, 1.807) is 12.4 Å². The number of halogens is 1. The highest BCUT2D eigenvalue weighted by molar-refractivity contribution is 9.10. The number of nitrogens with one attached hydrogen (secondary N) is 1. The molecular formula is C5H3BrN6S. The second-order valence-corrected chi connectivity index (χ2v) is 3.83. The van der Waals surface area contributed by atoms with Crippen LogP contribution >= 0.6 is 27.7 Å². The summed E-state index contributed by atoms with van der Waals surface area (Å²) in [5.74, 6) is 0. The van der Waals surface area contributed by atoms with E-state index in [1.165, 1.54) is 11.8 Å². The van der Waals surface area contributed by atoms with Crippen molar-refractivity contribution in [3.63, 3.8) is 0 Å². The van der Waals surface area contributed by atoms with Gasteiger partial charge in [-0.15, -0.1) is 10.2 Å². The Morgan fingerprint density at radius 1 is 1.23 bits per heavy atom. The van der Waals surface area contributed by atoms with Gasteiger partial charge in [-0.25, -0.2) is 9.97 Å². The summed E-state index contributed by atoms with van der Waals surface area (Å²) in [6, 6.07) is 0. The molecule has 1 N–H and O–H groups in total. The second kappa shape index (κ2) is 3.79. The predicted octanol–water partition coefficient (Wildman–Crippen LogP) is 0.903. The van der Waals surface area contributed by atoms with Crippen molar-refractivity contribution >= 4 is 27.7 Å². The van der Waals surface area contributed by atoms with E-state index < -0.39 is 0 Å². The zero-order valence-electron chi connectivity index (χ0n) is 6.18. The number of hydrogen-bond acceptors (Lipinski definition) is 6. The van der Waals surface area contributed by atoms with Gasteiger partial charge in [0.25, 0.3) is 0 Å². The molecule has 2 rings (SSSR count). The van der Waals surface area contributed by atoms with E-state index in [0.29, 0.717) is 10.3 Å². The van der Waals surface area contributed by atoms with Crippen LogP contribution in [-0.2, 0) is 0 Å². The Bertz CT molecular complexity index is 372. The molecule has 2 aromatic heterocycles. The molecule has 2 aromatic rings. The smallest absolute Gasteiger partial charge is 0.230 e. The molecule has 0 amide bonds. The minimum atomic E-state index is 0.502. The zero-order chi connectivity index (χ0) is 9.10. The fourth-order valence-corrected chi connectivity index (χ4v) is 1.38. The van der Waals surface area contributed by atoms with Crippen molar-refractivity contribution in [3.8, 4) is 0 Å². The van der Waals surface area contributed by atoms with Gasteiger partial charge in [-0.05, 0) is 32.9 Å². The molecule has 0 atom stereocenters. The van der Waals surface area contributed by atoms with Crippen molar-refractivity contribution < 1.29 is 0 Å². The summed E-state index contributed by atoms with van der Waals surface area (Å²) in [5, 5.41) is 14.4. The van der Waals surface area contributed by atoms with Crippen molar-refractivity contribution in [2.24, 2.45) is 0 Å². The Kier molecular flexibility index (Phi) is 2.50. The van der Waals surface area contributed by atoms with Crippen LogP contribution in [0.5, 0.6) is 0 Å². The third-order valence-corrected chi connectivity index (χ3v) is 2.26. The third kappa shape index (κ3) is 2.22. The maximum Gasteiger partial charge on any atom is 0.238 e. The Morgan fingerprint density at radius 2 is 2.00 bits per heavy atom. The van der Waals surface area contributed by atoms with E-state index in [-0.39, 0.29) is 0 Å². The van der Waals surface area contributed by atoms with Crippen LogP contribution in [0.15, 0.2) is 27.2 Å². The molecule has 0 fully saturated rings. The predicted molar refractivity (Wildman–Crippen MR) is 48.0 cm³/mol. The van der Waals surface area contributed by atoms with Crippen LogP contribution < -0.4 is 0 Å². The number of tetrazole rings is 1. The normalized spacial score (nSPS) is 10.2. The summed E-state index contributed by atoms with van der Waals surface area (Å²) in [7, 11) is 0. The molecule has 66 valence electrons. The van der Waals surface area contributed by atoms with Crippen molar-refractivity contribution in [1.82, 2.24) is 30.6 Å². The summed E-state index contributed by atoms with van der Waals surface area (Å²) in [5.41, 5.74) is 0. The van der Waals surface area contributed by atoms with Crippen molar-refractivity contribution in [3.05, 3.63) is 16.9 Å². The van der Waals surface area contributed by atoms with Crippen LogP contribution in [0.4, 0.5) is 0 Å². The molecule has 6 nitrogen and oxygen atoms in total. The molecule has 0 saturated heterocycles. The second-order valence-electron chi connectivity index (χ2n) is 1.98. The van der Waals surface area contributed by atoms with Crippen molar-refractivity contribution in [2.45, 2.75) is 10.3 Å². The molecule has 0 spiro atoms. The number of H-pyrrole nitrogens is 1. The minimum Gasteiger partial charge on any atom is -0.230 e. The van der Waals surface area contributed by atoms with Crippen LogP contribution in [0.2, 0.25) is 0 Å². The highest BCUT2D eigenvalue weighted by Gasteiger charge is 2.03. The summed E-state index contributed by atoms with van der Waals surface area (Å²) in [6.45, 7) is 0. The molecule has 13 heavy (non-hydrogen) atoms. The first-order valence-electron chi connectivity index (χ1n) is 3.23. The van der Waals surface area contributed by atoms with Crippen LogP contribution in [0, 0.1) is 0 Å². The standard InChI is InChI=1S/C5H3BrN6S/c6-3-1-7-4(8-2-3)13-5-9-11-12-10-5/h1-2H,(H,9,10,11,12). The van der Waals surface area contributed by atoms with Crippen molar-refractivity contribution in [1.29, 1.82) is 0 Å². The van der Waals surface area contributed by atoms with E-state index >= 15 is 0 Å².